The Bertz CT molecular complexity index is 703. The number of ether oxygens (including phenoxy) is 1. The van der Waals surface area contributed by atoms with E-state index >= 15 is 0 Å². The van der Waals surface area contributed by atoms with E-state index in [0.717, 1.165) is 30.4 Å². The lowest BCUT2D eigenvalue weighted by Gasteiger charge is -2.22. The second-order valence-corrected chi connectivity index (χ2v) is 6.22. The predicted molar refractivity (Wildman–Crippen MR) is 97.1 cm³/mol. The lowest BCUT2D eigenvalue weighted by molar-refractivity contribution is 0.102. The van der Waals surface area contributed by atoms with E-state index in [4.69, 9.17) is 4.74 Å². The average Bonchev–Trinajstić information content (AvgIpc) is 3.06. The number of carbonyl (C=O) groups excluding carboxylic acids is 1. The van der Waals surface area contributed by atoms with Crippen LogP contribution in [0.2, 0.25) is 0 Å². The molecule has 0 aliphatic carbocycles. The highest BCUT2D eigenvalue weighted by Crippen LogP contribution is 2.27. The minimum Gasteiger partial charge on any atom is -0.496 e. The fraction of sp³-hybridized carbons (Fsp3) is 0.400. The number of amides is 1. The summed E-state index contributed by atoms with van der Waals surface area (Å²) >= 11 is 3.40. The van der Waals surface area contributed by atoms with Crippen LogP contribution in [-0.4, -0.2) is 41.1 Å². The second-order valence-electron chi connectivity index (χ2n) is 5.37. The van der Waals surface area contributed by atoms with Gasteiger partial charge in [0, 0.05) is 5.69 Å². The summed E-state index contributed by atoms with van der Waals surface area (Å²) < 4.78 is 7.74. The van der Waals surface area contributed by atoms with Gasteiger partial charge in [-0.25, -0.2) is 4.68 Å². The topological polar surface area (TPSA) is 81.1 Å². The molecule has 1 aliphatic rings. The van der Waals surface area contributed by atoms with Gasteiger partial charge >= 0.3 is 0 Å². The van der Waals surface area contributed by atoms with Gasteiger partial charge in [0.2, 0.25) is 0 Å². The molecule has 0 unspecified atom stereocenters. The number of hydrogen-bond acceptors (Lipinski definition) is 5. The molecule has 2 aromatic rings. The van der Waals surface area contributed by atoms with Crippen molar-refractivity contribution in [1.29, 1.82) is 0 Å². The molecule has 0 bridgehead atoms. The van der Waals surface area contributed by atoms with Gasteiger partial charge in [0.1, 0.15) is 5.75 Å². The Labute approximate surface area is 154 Å². The van der Waals surface area contributed by atoms with Crippen molar-refractivity contribution in [2.24, 2.45) is 0 Å². The van der Waals surface area contributed by atoms with E-state index in [1.165, 1.54) is 0 Å². The number of carbonyl (C=O) groups is 1. The van der Waals surface area contributed by atoms with Crippen LogP contribution in [0.15, 0.2) is 28.9 Å². The number of aromatic nitrogens is 3. The molecule has 1 aliphatic heterocycles. The lowest BCUT2D eigenvalue weighted by atomic mass is 10.1. The van der Waals surface area contributed by atoms with Crippen LogP contribution in [0.25, 0.3) is 0 Å². The monoisotopic (exact) mass is 415 g/mol. The first-order chi connectivity index (χ1) is 11.2. The fourth-order valence-corrected chi connectivity index (χ4v) is 3.11. The summed E-state index contributed by atoms with van der Waals surface area (Å²) in [7, 11) is 1.59. The average molecular weight is 417 g/mol. The van der Waals surface area contributed by atoms with E-state index in [9.17, 15) is 4.79 Å². The molecule has 2 heterocycles. The van der Waals surface area contributed by atoms with Crippen LogP contribution >= 0.6 is 28.3 Å². The van der Waals surface area contributed by atoms with Crippen LogP contribution in [0, 0.1) is 0 Å². The summed E-state index contributed by atoms with van der Waals surface area (Å²) in [5, 5.41) is 14.2. The molecule has 24 heavy (non-hydrogen) atoms. The Morgan fingerprint density at radius 1 is 1.42 bits per heavy atom. The molecular formula is C15H19BrClN5O2. The summed E-state index contributed by atoms with van der Waals surface area (Å²) in [5.41, 5.74) is 0.981. The SMILES string of the molecule is COc1ccc(NC(=O)c2cn(C3CCNCC3)nn2)cc1Br.Cl. The van der Waals surface area contributed by atoms with E-state index < -0.39 is 0 Å². The highest BCUT2D eigenvalue weighted by Gasteiger charge is 2.19. The molecule has 130 valence electrons. The molecule has 1 fully saturated rings. The van der Waals surface area contributed by atoms with Gasteiger partial charge in [-0.05, 0) is 60.1 Å². The first-order valence-electron chi connectivity index (χ1n) is 7.45. The van der Waals surface area contributed by atoms with E-state index in [1.807, 2.05) is 0 Å². The quantitative estimate of drug-likeness (QED) is 0.801. The van der Waals surface area contributed by atoms with Gasteiger partial charge in [-0.1, -0.05) is 5.21 Å². The third-order valence-corrected chi connectivity index (χ3v) is 4.46. The zero-order valence-electron chi connectivity index (χ0n) is 13.2. The van der Waals surface area contributed by atoms with Gasteiger partial charge in [-0.15, -0.1) is 17.5 Å². The molecule has 0 saturated carbocycles. The maximum absolute atomic E-state index is 12.3. The number of rotatable bonds is 4. The standard InChI is InChI=1S/C15H18BrN5O2.ClH/c1-23-14-3-2-10(8-12(14)16)18-15(22)13-9-21(20-19-13)11-4-6-17-7-5-11;/h2-3,8-9,11,17H,4-7H2,1H3,(H,18,22);1H. The van der Waals surface area contributed by atoms with E-state index in [-0.39, 0.29) is 18.3 Å². The lowest BCUT2D eigenvalue weighted by Crippen LogP contribution is -2.29. The fourth-order valence-electron chi connectivity index (χ4n) is 2.57. The molecule has 9 heteroatoms. The van der Waals surface area contributed by atoms with Crippen LogP contribution in [0.5, 0.6) is 5.75 Å². The highest BCUT2D eigenvalue weighted by molar-refractivity contribution is 9.10. The van der Waals surface area contributed by atoms with Gasteiger partial charge in [0.25, 0.3) is 5.91 Å². The molecule has 7 nitrogen and oxygen atoms in total. The zero-order chi connectivity index (χ0) is 16.2. The molecule has 2 N–H and O–H groups in total. The van der Waals surface area contributed by atoms with E-state index in [2.05, 4.69) is 36.9 Å². The maximum atomic E-state index is 12.3. The molecule has 0 spiro atoms. The summed E-state index contributed by atoms with van der Waals surface area (Å²) in [6.45, 7) is 1.93. The molecule has 1 aromatic heterocycles. The summed E-state index contributed by atoms with van der Waals surface area (Å²) in [6.07, 6.45) is 3.70. The van der Waals surface area contributed by atoms with Crippen LogP contribution in [-0.2, 0) is 0 Å². The highest BCUT2D eigenvalue weighted by atomic mass is 79.9. The number of piperidine rings is 1. The van der Waals surface area contributed by atoms with Gasteiger partial charge in [-0.3, -0.25) is 4.79 Å². The number of methoxy groups -OCH3 is 1. The van der Waals surface area contributed by atoms with Crippen molar-refractivity contribution in [3.8, 4) is 5.75 Å². The smallest absolute Gasteiger partial charge is 0.277 e. The molecule has 1 amide bonds. The van der Waals surface area contributed by atoms with Gasteiger partial charge in [0.05, 0.1) is 23.8 Å². The van der Waals surface area contributed by atoms with Crippen molar-refractivity contribution in [3.05, 3.63) is 34.6 Å². The zero-order valence-corrected chi connectivity index (χ0v) is 15.6. The van der Waals surface area contributed by atoms with Crippen molar-refractivity contribution in [2.75, 3.05) is 25.5 Å². The first kappa shape index (κ1) is 18.7. The molecule has 0 atom stereocenters. The van der Waals surface area contributed by atoms with E-state index in [1.54, 1.807) is 36.2 Å². The third-order valence-electron chi connectivity index (χ3n) is 3.84. The molecule has 1 saturated heterocycles. The van der Waals surface area contributed by atoms with Crippen molar-refractivity contribution in [2.45, 2.75) is 18.9 Å². The molecule has 0 radical (unpaired) electrons. The van der Waals surface area contributed by atoms with Crippen molar-refractivity contribution >= 4 is 39.9 Å². The predicted octanol–water partition coefficient (Wildman–Crippen LogP) is 2.65. The number of hydrogen-bond donors (Lipinski definition) is 2. The Balaban J connectivity index is 0.00000208. The van der Waals surface area contributed by atoms with Crippen LogP contribution in [0.4, 0.5) is 5.69 Å². The minimum atomic E-state index is -0.276. The summed E-state index contributed by atoms with van der Waals surface area (Å²) in [6, 6.07) is 5.65. The number of halogens is 2. The third kappa shape index (κ3) is 4.25. The molecule has 3 rings (SSSR count). The molecule has 1 aromatic carbocycles. The summed E-state index contributed by atoms with van der Waals surface area (Å²) in [5.74, 6) is 0.433. The number of benzene rings is 1. The number of anilines is 1. The Hall–Kier alpha value is -1.64. The largest absolute Gasteiger partial charge is 0.496 e. The first-order valence-corrected chi connectivity index (χ1v) is 8.24. The Kier molecular flexibility index (Phi) is 6.59. The number of nitrogens with one attached hydrogen (secondary N) is 2. The maximum Gasteiger partial charge on any atom is 0.277 e. The van der Waals surface area contributed by atoms with Gasteiger partial charge < -0.3 is 15.4 Å². The minimum absolute atomic E-state index is 0. The Morgan fingerprint density at radius 2 is 2.17 bits per heavy atom. The van der Waals surface area contributed by atoms with Crippen molar-refractivity contribution in [1.82, 2.24) is 20.3 Å². The normalized spacial score (nSPS) is 14.8. The van der Waals surface area contributed by atoms with Crippen LogP contribution in [0.1, 0.15) is 29.4 Å². The summed E-state index contributed by atoms with van der Waals surface area (Å²) in [4.78, 5) is 12.3. The van der Waals surface area contributed by atoms with Gasteiger partial charge in [-0.2, -0.15) is 0 Å². The van der Waals surface area contributed by atoms with Crippen LogP contribution in [0.3, 0.4) is 0 Å². The van der Waals surface area contributed by atoms with Crippen LogP contribution < -0.4 is 15.4 Å². The molecular weight excluding hydrogens is 398 g/mol. The Morgan fingerprint density at radius 3 is 2.83 bits per heavy atom. The van der Waals surface area contributed by atoms with Crippen molar-refractivity contribution < 1.29 is 9.53 Å². The van der Waals surface area contributed by atoms with Crippen molar-refractivity contribution in [3.63, 3.8) is 0 Å². The number of nitrogens with zero attached hydrogens (tertiary/aromatic N) is 3. The second kappa shape index (κ2) is 8.46. The van der Waals surface area contributed by atoms with E-state index in [0.29, 0.717) is 23.2 Å². The van der Waals surface area contributed by atoms with Gasteiger partial charge in [0.15, 0.2) is 5.69 Å².